The van der Waals surface area contributed by atoms with Gasteiger partial charge in [-0.05, 0) is 62.2 Å². The lowest BCUT2D eigenvalue weighted by Crippen LogP contribution is -2.38. The third kappa shape index (κ3) is 2.19. The van der Waals surface area contributed by atoms with Crippen molar-refractivity contribution in [3.63, 3.8) is 0 Å². The van der Waals surface area contributed by atoms with Crippen molar-refractivity contribution >= 4 is 11.9 Å². The first-order chi connectivity index (χ1) is 10.1. The van der Waals surface area contributed by atoms with Gasteiger partial charge in [-0.25, -0.2) is 0 Å². The van der Waals surface area contributed by atoms with Crippen molar-refractivity contribution in [2.45, 2.75) is 51.0 Å². The van der Waals surface area contributed by atoms with Gasteiger partial charge in [0.1, 0.15) is 0 Å². The number of carboxylic acid groups (broad SMARTS) is 1. The lowest BCUT2D eigenvalue weighted by Gasteiger charge is -2.37. The Morgan fingerprint density at radius 3 is 2.62 bits per heavy atom. The number of amides is 1. The van der Waals surface area contributed by atoms with Crippen LogP contribution in [0.25, 0.3) is 0 Å². The minimum absolute atomic E-state index is 0.0867. The molecule has 0 saturated heterocycles. The number of carbonyl (C=O) groups excluding carboxylic acids is 1. The molecule has 0 aromatic heterocycles. The fourth-order valence-corrected chi connectivity index (χ4v) is 5.08. The van der Waals surface area contributed by atoms with Crippen LogP contribution >= 0.6 is 0 Å². The summed E-state index contributed by atoms with van der Waals surface area (Å²) in [5.74, 6) is 1.53. The smallest absolute Gasteiger partial charge is 0.310 e. The molecule has 0 heterocycles. The molecule has 1 amide bonds. The van der Waals surface area contributed by atoms with Gasteiger partial charge in [0.05, 0.1) is 5.41 Å². The SMILES string of the molecule is O=C(C[C@@H]1C[C@@H]2C=C[C@H]1CC2)N[C@H]1C[C@@H]2C[C@]2(C(=O)O)C1. The average molecular weight is 289 g/mol. The Bertz CT molecular complexity index is 514. The van der Waals surface area contributed by atoms with E-state index in [-0.39, 0.29) is 11.9 Å². The highest BCUT2D eigenvalue weighted by Crippen LogP contribution is 2.63. The van der Waals surface area contributed by atoms with Gasteiger partial charge in [-0.1, -0.05) is 12.2 Å². The summed E-state index contributed by atoms with van der Waals surface area (Å²) < 4.78 is 0. The maximum Gasteiger partial charge on any atom is 0.310 e. The highest BCUT2D eigenvalue weighted by Gasteiger charge is 2.65. The highest BCUT2D eigenvalue weighted by atomic mass is 16.4. The van der Waals surface area contributed by atoms with E-state index in [2.05, 4.69) is 17.5 Å². The van der Waals surface area contributed by atoms with E-state index < -0.39 is 11.4 Å². The Balaban J connectivity index is 1.30. The third-order valence-corrected chi connectivity index (χ3v) is 6.36. The van der Waals surface area contributed by atoms with Gasteiger partial charge >= 0.3 is 5.97 Å². The number of fused-ring (bicyclic) bond motifs is 3. The molecule has 2 bridgehead atoms. The summed E-state index contributed by atoms with van der Waals surface area (Å²) in [7, 11) is 0. The number of carboxylic acids is 1. The second-order valence-corrected chi connectivity index (χ2v) is 7.65. The predicted octanol–water partition coefficient (Wildman–Crippen LogP) is 2.35. The number of nitrogens with one attached hydrogen (secondary N) is 1. The standard InChI is InChI=1S/C17H23NO3/c19-15(6-12-5-10-1-3-11(12)4-2-10)18-14-7-13-8-17(13,9-14)16(20)21/h1,3,10-14H,2,4-9H2,(H,18,19)(H,20,21)/t10-,11+,12+,13-,14+,17+/m1/s1. The van der Waals surface area contributed by atoms with Crippen LogP contribution < -0.4 is 5.32 Å². The van der Waals surface area contributed by atoms with Gasteiger partial charge in [0.2, 0.25) is 5.91 Å². The maximum atomic E-state index is 12.3. The van der Waals surface area contributed by atoms with Crippen LogP contribution in [0.4, 0.5) is 0 Å². The van der Waals surface area contributed by atoms with Crippen molar-refractivity contribution in [2.75, 3.05) is 0 Å². The summed E-state index contributed by atoms with van der Waals surface area (Å²) >= 11 is 0. The van der Waals surface area contributed by atoms with Crippen LogP contribution in [-0.2, 0) is 9.59 Å². The van der Waals surface area contributed by atoms with Crippen LogP contribution in [0.5, 0.6) is 0 Å². The zero-order valence-corrected chi connectivity index (χ0v) is 12.3. The van der Waals surface area contributed by atoms with Crippen LogP contribution in [0.2, 0.25) is 0 Å². The molecule has 0 aromatic rings. The number of aliphatic carboxylic acids is 1. The van der Waals surface area contributed by atoms with E-state index in [1.807, 2.05) is 0 Å². The van der Waals surface area contributed by atoms with Gasteiger partial charge in [-0.2, -0.15) is 0 Å². The monoisotopic (exact) mass is 289 g/mol. The number of rotatable bonds is 4. The van der Waals surface area contributed by atoms with E-state index in [1.165, 1.54) is 12.8 Å². The first-order valence-corrected chi connectivity index (χ1v) is 8.28. The summed E-state index contributed by atoms with van der Waals surface area (Å²) in [6.07, 6.45) is 11.2. The molecule has 5 rings (SSSR count). The zero-order valence-electron chi connectivity index (χ0n) is 12.3. The number of hydrogen-bond donors (Lipinski definition) is 2. The molecule has 4 nitrogen and oxygen atoms in total. The molecule has 3 saturated carbocycles. The molecule has 5 aliphatic carbocycles. The van der Waals surface area contributed by atoms with Crippen molar-refractivity contribution in [1.29, 1.82) is 0 Å². The number of hydrogen-bond acceptors (Lipinski definition) is 2. The molecular weight excluding hydrogens is 266 g/mol. The van der Waals surface area contributed by atoms with E-state index in [1.54, 1.807) is 0 Å². The summed E-state index contributed by atoms with van der Waals surface area (Å²) in [5, 5.41) is 12.4. The summed E-state index contributed by atoms with van der Waals surface area (Å²) in [6.45, 7) is 0. The Hall–Kier alpha value is -1.32. The van der Waals surface area contributed by atoms with Crippen LogP contribution in [-0.4, -0.2) is 23.0 Å². The predicted molar refractivity (Wildman–Crippen MR) is 77.4 cm³/mol. The zero-order chi connectivity index (χ0) is 14.6. The molecule has 0 unspecified atom stereocenters. The van der Waals surface area contributed by atoms with Gasteiger partial charge in [0.25, 0.3) is 0 Å². The molecular formula is C17H23NO3. The van der Waals surface area contributed by atoms with Crippen LogP contribution in [0, 0.1) is 29.1 Å². The van der Waals surface area contributed by atoms with Crippen LogP contribution in [0.15, 0.2) is 12.2 Å². The summed E-state index contributed by atoms with van der Waals surface area (Å²) in [5.41, 5.74) is -0.495. The lowest BCUT2D eigenvalue weighted by molar-refractivity contribution is -0.143. The van der Waals surface area contributed by atoms with Crippen molar-refractivity contribution in [3.05, 3.63) is 12.2 Å². The van der Waals surface area contributed by atoms with Gasteiger partial charge in [-0.15, -0.1) is 0 Å². The minimum atomic E-state index is -0.668. The van der Waals surface area contributed by atoms with Crippen molar-refractivity contribution in [1.82, 2.24) is 5.32 Å². The fraction of sp³-hybridized carbons (Fsp3) is 0.765. The molecule has 2 N–H and O–H groups in total. The largest absolute Gasteiger partial charge is 0.481 e. The molecule has 0 aliphatic heterocycles. The van der Waals surface area contributed by atoms with Gasteiger partial charge in [0, 0.05) is 12.5 Å². The highest BCUT2D eigenvalue weighted by molar-refractivity contribution is 5.80. The molecule has 5 aliphatic rings. The first-order valence-electron chi connectivity index (χ1n) is 8.28. The Morgan fingerprint density at radius 2 is 2.05 bits per heavy atom. The molecule has 6 atom stereocenters. The maximum absolute atomic E-state index is 12.3. The molecule has 0 spiro atoms. The van der Waals surface area contributed by atoms with Crippen LogP contribution in [0.3, 0.4) is 0 Å². The average Bonchev–Trinajstić information content (AvgIpc) is 3.03. The normalized spacial score (nSPS) is 46.2. The molecule has 114 valence electrons. The molecule has 4 heteroatoms. The summed E-state index contributed by atoms with van der Waals surface area (Å²) in [4.78, 5) is 23.5. The number of allylic oxidation sites excluding steroid dienone is 2. The van der Waals surface area contributed by atoms with E-state index in [4.69, 9.17) is 0 Å². The lowest BCUT2D eigenvalue weighted by atomic mass is 9.68. The van der Waals surface area contributed by atoms with E-state index in [0.717, 1.165) is 19.3 Å². The molecule has 21 heavy (non-hydrogen) atoms. The second kappa shape index (κ2) is 4.59. The molecule has 0 aromatic carbocycles. The topological polar surface area (TPSA) is 66.4 Å². The van der Waals surface area contributed by atoms with Crippen molar-refractivity contribution < 1.29 is 14.7 Å². The second-order valence-electron chi connectivity index (χ2n) is 7.65. The fourth-order valence-electron chi connectivity index (χ4n) is 5.08. The van der Waals surface area contributed by atoms with E-state index in [9.17, 15) is 14.7 Å². The first kappa shape index (κ1) is 13.4. The third-order valence-electron chi connectivity index (χ3n) is 6.36. The Morgan fingerprint density at radius 1 is 1.19 bits per heavy atom. The number of carbonyl (C=O) groups is 2. The van der Waals surface area contributed by atoms with Crippen molar-refractivity contribution in [2.24, 2.45) is 29.1 Å². The van der Waals surface area contributed by atoms with Gasteiger partial charge < -0.3 is 10.4 Å². The van der Waals surface area contributed by atoms with Crippen molar-refractivity contribution in [3.8, 4) is 0 Å². The van der Waals surface area contributed by atoms with E-state index in [0.29, 0.717) is 36.5 Å². The minimum Gasteiger partial charge on any atom is -0.481 e. The Kier molecular flexibility index (Phi) is 2.92. The van der Waals surface area contributed by atoms with Gasteiger partial charge in [-0.3, -0.25) is 9.59 Å². The molecule has 0 radical (unpaired) electrons. The Labute approximate surface area is 125 Å². The quantitative estimate of drug-likeness (QED) is 0.781. The van der Waals surface area contributed by atoms with E-state index >= 15 is 0 Å². The van der Waals surface area contributed by atoms with Crippen LogP contribution in [0.1, 0.15) is 44.9 Å². The molecule has 3 fully saturated rings. The summed E-state index contributed by atoms with van der Waals surface area (Å²) in [6, 6.07) is 0.0867. The van der Waals surface area contributed by atoms with Gasteiger partial charge in [0.15, 0.2) is 0 Å².